The highest BCUT2D eigenvalue weighted by Gasteiger charge is 2.06. The van der Waals surface area contributed by atoms with Gasteiger partial charge < -0.3 is 10.1 Å². The molecule has 0 aliphatic heterocycles. The van der Waals surface area contributed by atoms with Crippen LogP contribution >= 0.6 is 22.9 Å². The Kier molecular flexibility index (Phi) is 4.27. The summed E-state index contributed by atoms with van der Waals surface area (Å²) in [6.07, 6.45) is 0.918. The minimum Gasteiger partial charge on any atom is -0.497 e. The Morgan fingerprint density at radius 1 is 1.24 bits per heavy atom. The van der Waals surface area contributed by atoms with Gasteiger partial charge in [-0.05, 0) is 36.2 Å². The molecule has 0 bridgehead atoms. The quantitative estimate of drug-likeness (QED) is 0.745. The third kappa shape index (κ3) is 3.28. The van der Waals surface area contributed by atoms with E-state index in [9.17, 15) is 0 Å². The van der Waals surface area contributed by atoms with E-state index in [1.807, 2.05) is 30.3 Å². The zero-order chi connectivity index (χ0) is 14.7. The highest BCUT2D eigenvalue weighted by molar-refractivity contribution is 7.22. The molecule has 3 aromatic rings. The summed E-state index contributed by atoms with van der Waals surface area (Å²) in [6, 6.07) is 13.9. The van der Waals surface area contributed by atoms with Gasteiger partial charge in [0.15, 0.2) is 5.13 Å². The lowest BCUT2D eigenvalue weighted by Crippen LogP contribution is -2.04. The molecule has 0 unspecified atom stereocenters. The fourth-order valence-electron chi connectivity index (χ4n) is 2.13. The van der Waals surface area contributed by atoms with Gasteiger partial charge in [0.25, 0.3) is 0 Å². The number of nitrogens with zero attached hydrogens (tertiary/aromatic N) is 1. The first-order valence-electron chi connectivity index (χ1n) is 6.68. The summed E-state index contributed by atoms with van der Waals surface area (Å²) in [5.41, 5.74) is 2.18. The Hall–Kier alpha value is -1.78. The van der Waals surface area contributed by atoms with Crippen molar-refractivity contribution in [3.8, 4) is 5.75 Å². The van der Waals surface area contributed by atoms with E-state index in [-0.39, 0.29) is 0 Å². The summed E-state index contributed by atoms with van der Waals surface area (Å²) in [6.45, 7) is 0.824. The molecule has 0 aliphatic carbocycles. The number of hydrogen-bond acceptors (Lipinski definition) is 4. The van der Waals surface area contributed by atoms with Gasteiger partial charge in [-0.25, -0.2) is 4.98 Å². The zero-order valence-electron chi connectivity index (χ0n) is 11.6. The first kappa shape index (κ1) is 14.2. The second-order valence-corrected chi connectivity index (χ2v) is 6.04. The van der Waals surface area contributed by atoms with Crippen LogP contribution in [-0.2, 0) is 6.42 Å². The minimum atomic E-state index is 0.755. The topological polar surface area (TPSA) is 34.1 Å². The minimum absolute atomic E-state index is 0.755. The Balaban J connectivity index is 1.65. The molecule has 0 saturated carbocycles. The number of nitrogens with one attached hydrogen (secondary N) is 1. The average molecular weight is 319 g/mol. The predicted octanol–water partition coefficient (Wildman–Crippen LogP) is 4.61. The maximum absolute atomic E-state index is 6.16. The number of fused-ring (bicyclic) bond motifs is 1. The van der Waals surface area contributed by atoms with E-state index in [2.05, 4.69) is 22.4 Å². The summed E-state index contributed by atoms with van der Waals surface area (Å²) >= 11 is 7.75. The van der Waals surface area contributed by atoms with Crippen LogP contribution < -0.4 is 10.1 Å². The summed E-state index contributed by atoms with van der Waals surface area (Å²) in [4.78, 5) is 4.54. The van der Waals surface area contributed by atoms with Gasteiger partial charge in [-0.1, -0.05) is 41.1 Å². The van der Waals surface area contributed by atoms with Crippen LogP contribution in [-0.4, -0.2) is 18.6 Å². The lowest BCUT2D eigenvalue weighted by Gasteiger charge is -2.05. The van der Waals surface area contributed by atoms with Crippen molar-refractivity contribution < 1.29 is 4.74 Å². The molecule has 1 aromatic heterocycles. The van der Waals surface area contributed by atoms with E-state index < -0.39 is 0 Å². The normalized spacial score (nSPS) is 10.8. The Morgan fingerprint density at radius 3 is 2.90 bits per heavy atom. The number of rotatable bonds is 5. The highest BCUT2D eigenvalue weighted by Crippen LogP contribution is 2.31. The molecular weight excluding hydrogens is 304 g/mol. The average Bonchev–Trinajstić information content (AvgIpc) is 2.92. The third-order valence-electron chi connectivity index (χ3n) is 3.19. The number of halogens is 1. The van der Waals surface area contributed by atoms with Gasteiger partial charge in [0.05, 0.1) is 22.3 Å². The molecule has 3 nitrogen and oxygen atoms in total. The number of methoxy groups -OCH3 is 1. The number of anilines is 1. The largest absolute Gasteiger partial charge is 0.497 e. The second kappa shape index (κ2) is 6.33. The van der Waals surface area contributed by atoms with Crippen molar-refractivity contribution in [1.29, 1.82) is 0 Å². The van der Waals surface area contributed by atoms with Gasteiger partial charge in [-0.2, -0.15) is 0 Å². The van der Waals surface area contributed by atoms with Gasteiger partial charge >= 0.3 is 0 Å². The van der Waals surface area contributed by atoms with E-state index in [0.717, 1.165) is 39.1 Å². The number of aromatic nitrogens is 1. The van der Waals surface area contributed by atoms with Gasteiger partial charge in [0.1, 0.15) is 5.75 Å². The molecule has 108 valence electrons. The molecular formula is C16H15ClN2OS. The smallest absolute Gasteiger partial charge is 0.183 e. The second-order valence-electron chi connectivity index (χ2n) is 4.64. The van der Waals surface area contributed by atoms with Crippen LogP contribution in [0.1, 0.15) is 5.56 Å². The lowest BCUT2D eigenvalue weighted by molar-refractivity contribution is 0.414. The maximum Gasteiger partial charge on any atom is 0.183 e. The van der Waals surface area contributed by atoms with Crippen molar-refractivity contribution in [2.24, 2.45) is 0 Å². The van der Waals surface area contributed by atoms with E-state index >= 15 is 0 Å². The molecule has 5 heteroatoms. The first-order valence-corrected chi connectivity index (χ1v) is 7.87. The summed E-state index contributed by atoms with van der Waals surface area (Å²) in [5.74, 6) is 0.888. The Bertz CT molecular complexity index is 757. The third-order valence-corrected chi connectivity index (χ3v) is 4.68. The molecule has 0 fully saturated rings. The van der Waals surface area contributed by atoms with Gasteiger partial charge in [-0.15, -0.1) is 0 Å². The Labute approximate surface area is 132 Å². The van der Waals surface area contributed by atoms with Crippen molar-refractivity contribution in [1.82, 2.24) is 4.98 Å². The van der Waals surface area contributed by atoms with Gasteiger partial charge in [0.2, 0.25) is 0 Å². The maximum atomic E-state index is 6.16. The number of thiazole rings is 1. The van der Waals surface area contributed by atoms with Crippen LogP contribution in [0.25, 0.3) is 10.2 Å². The molecule has 0 atom stereocenters. The molecule has 0 spiro atoms. The van der Waals surface area contributed by atoms with Crippen molar-refractivity contribution in [3.05, 3.63) is 53.1 Å². The van der Waals surface area contributed by atoms with Gasteiger partial charge in [0, 0.05) is 6.54 Å². The molecule has 2 aromatic carbocycles. The number of hydrogen-bond donors (Lipinski definition) is 1. The molecule has 0 aliphatic rings. The van der Waals surface area contributed by atoms with E-state index in [1.54, 1.807) is 18.4 Å². The Morgan fingerprint density at radius 2 is 2.10 bits per heavy atom. The standard InChI is InChI=1S/C16H15ClN2OS/c1-20-12-5-2-4-11(10-12)8-9-18-16-19-14-7-3-6-13(17)15(14)21-16/h2-7,10H,8-9H2,1H3,(H,18,19). The molecule has 3 rings (SSSR count). The summed E-state index contributed by atoms with van der Waals surface area (Å²) in [7, 11) is 1.68. The first-order chi connectivity index (χ1) is 10.3. The summed E-state index contributed by atoms with van der Waals surface area (Å²) < 4.78 is 6.26. The van der Waals surface area contributed by atoms with Crippen molar-refractivity contribution >= 4 is 38.3 Å². The SMILES string of the molecule is COc1cccc(CCNc2nc3cccc(Cl)c3s2)c1. The monoisotopic (exact) mass is 318 g/mol. The number of ether oxygens (including phenoxy) is 1. The summed E-state index contributed by atoms with van der Waals surface area (Å²) in [5, 5.41) is 5.01. The molecule has 1 N–H and O–H groups in total. The zero-order valence-corrected chi connectivity index (χ0v) is 13.2. The predicted molar refractivity (Wildman–Crippen MR) is 89.8 cm³/mol. The molecule has 0 amide bonds. The van der Waals surface area contributed by atoms with Gasteiger partial charge in [-0.3, -0.25) is 0 Å². The fraction of sp³-hybridized carbons (Fsp3) is 0.188. The molecule has 0 radical (unpaired) electrons. The van der Waals surface area contributed by atoms with Crippen molar-refractivity contribution in [2.75, 3.05) is 19.0 Å². The molecule has 0 saturated heterocycles. The fourth-order valence-corrected chi connectivity index (χ4v) is 3.31. The van der Waals surface area contributed by atoms with E-state index in [0.29, 0.717) is 0 Å². The van der Waals surface area contributed by atoms with Crippen molar-refractivity contribution in [3.63, 3.8) is 0 Å². The molecule has 21 heavy (non-hydrogen) atoms. The lowest BCUT2D eigenvalue weighted by atomic mass is 10.1. The van der Waals surface area contributed by atoms with Crippen LogP contribution in [0.3, 0.4) is 0 Å². The van der Waals surface area contributed by atoms with Crippen LogP contribution in [0.4, 0.5) is 5.13 Å². The number of benzene rings is 2. The molecule has 1 heterocycles. The van der Waals surface area contributed by atoms with Crippen LogP contribution in [0.15, 0.2) is 42.5 Å². The highest BCUT2D eigenvalue weighted by atomic mass is 35.5. The van der Waals surface area contributed by atoms with Crippen LogP contribution in [0, 0.1) is 0 Å². The van der Waals surface area contributed by atoms with E-state index in [1.165, 1.54) is 5.56 Å². The van der Waals surface area contributed by atoms with Crippen molar-refractivity contribution in [2.45, 2.75) is 6.42 Å². The van der Waals surface area contributed by atoms with E-state index in [4.69, 9.17) is 16.3 Å². The van der Waals surface area contributed by atoms with Crippen LogP contribution in [0.2, 0.25) is 5.02 Å². The van der Waals surface area contributed by atoms with Crippen LogP contribution in [0.5, 0.6) is 5.75 Å².